The van der Waals surface area contributed by atoms with Crippen molar-refractivity contribution in [3.8, 4) is 66.8 Å². The van der Waals surface area contributed by atoms with Gasteiger partial charge in [-0.15, -0.1) is 0 Å². The van der Waals surface area contributed by atoms with Gasteiger partial charge in [0.05, 0.1) is 10.8 Å². The fraction of sp³-hybridized carbons (Fsp3) is 0.111. The summed E-state index contributed by atoms with van der Waals surface area (Å²) in [4.78, 5) is 0. The standard InChI is InChI=1S/C41H32.C25H17N.C15H15Br/c1-2-9-28-16-21-31(22-17-28)32-23-18-29(19-24-32)26-30-20-25-36-35-12-5-8-15-39(35)41(40(36)27-30)37-13-6-3-10-33(37)34-11-4-7-14-38(34)41;26-16-13-14-20-19-9-3-6-12-23(19)25(24(20)15-16)21-10-4-1-7-17(21)18-8-2-5-11-22(18)25;1-2-3-12-4-6-13(7-5-12)14-8-10-15(16)11-9-14/h3-8,10-25,27H,2,9,26H2,1H3;1-15H,26H2;4-11H,2-3H2,1H3. The molecule has 0 atom stereocenters. The molecule has 4 aliphatic carbocycles. The molecule has 16 rings (SSSR count). The van der Waals surface area contributed by atoms with Gasteiger partial charge >= 0.3 is 0 Å². The normalized spacial score (nSPS) is 13.2. The van der Waals surface area contributed by atoms with Gasteiger partial charge in [-0.3, -0.25) is 0 Å². The van der Waals surface area contributed by atoms with Crippen LogP contribution in [0, 0.1) is 0 Å². The highest BCUT2D eigenvalue weighted by molar-refractivity contribution is 9.10. The maximum Gasteiger partial charge on any atom is 0.0726 e. The van der Waals surface area contributed by atoms with E-state index >= 15 is 0 Å². The Labute approximate surface area is 498 Å². The van der Waals surface area contributed by atoms with Crippen molar-refractivity contribution in [3.63, 3.8) is 0 Å². The Morgan fingerprint density at radius 1 is 0.277 bits per heavy atom. The van der Waals surface area contributed by atoms with Crippen LogP contribution in [0.5, 0.6) is 0 Å². The smallest absolute Gasteiger partial charge is 0.0726 e. The van der Waals surface area contributed by atoms with Crippen LogP contribution >= 0.6 is 15.9 Å². The molecule has 0 fully saturated rings. The summed E-state index contributed by atoms with van der Waals surface area (Å²) in [5.41, 5.74) is 38.9. The van der Waals surface area contributed by atoms with E-state index in [1.165, 1.54) is 153 Å². The van der Waals surface area contributed by atoms with E-state index in [1.807, 2.05) is 6.07 Å². The summed E-state index contributed by atoms with van der Waals surface area (Å²) >= 11 is 3.45. The topological polar surface area (TPSA) is 26.0 Å². The lowest BCUT2D eigenvalue weighted by Crippen LogP contribution is -2.26. The first kappa shape index (κ1) is 52.0. The number of nitrogen functional groups attached to an aromatic ring is 1. The van der Waals surface area contributed by atoms with Gasteiger partial charge in [0.1, 0.15) is 0 Å². The summed E-state index contributed by atoms with van der Waals surface area (Å²) in [7, 11) is 0. The predicted octanol–water partition coefficient (Wildman–Crippen LogP) is 20.9. The molecular formula is C81H64BrN. The van der Waals surface area contributed by atoms with E-state index in [-0.39, 0.29) is 10.8 Å². The SMILES string of the molecule is CCCc1ccc(-c2ccc(Br)cc2)cc1.CCCc1ccc(-c2ccc(Cc3ccc4c(c3)C3(c5ccccc5-c5ccccc53)c3ccccc3-4)cc2)cc1.Nc1ccc2c(c1)C1(c3ccccc3-c3ccccc31)c1ccccc1-2. The molecular weight excluding hydrogens is 1070 g/mol. The van der Waals surface area contributed by atoms with Crippen molar-refractivity contribution in [2.24, 2.45) is 0 Å². The van der Waals surface area contributed by atoms with Crippen molar-refractivity contribution in [2.75, 3.05) is 5.73 Å². The van der Waals surface area contributed by atoms with Gasteiger partial charge in [-0.25, -0.2) is 0 Å². The molecule has 1 nitrogen and oxygen atoms in total. The number of benzene rings is 12. The molecule has 0 saturated carbocycles. The quantitative estimate of drug-likeness (QED) is 0.151. The summed E-state index contributed by atoms with van der Waals surface area (Å²) in [6.07, 6.45) is 5.61. The monoisotopic (exact) mass is 1130 g/mol. The van der Waals surface area contributed by atoms with Crippen LogP contribution in [0.15, 0.2) is 284 Å². The Morgan fingerprint density at radius 3 is 0.904 bits per heavy atom. The zero-order chi connectivity index (χ0) is 56.1. The molecule has 12 aromatic carbocycles. The zero-order valence-electron chi connectivity index (χ0n) is 47.0. The minimum atomic E-state index is -0.275. The van der Waals surface area contributed by atoms with Gasteiger partial charge in [0, 0.05) is 10.2 Å². The largest absolute Gasteiger partial charge is 0.399 e. The van der Waals surface area contributed by atoms with E-state index < -0.39 is 0 Å². The van der Waals surface area contributed by atoms with Crippen molar-refractivity contribution in [1.29, 1.82) is 0 Å². The number of hydrogen-bond donors (Lipinski definition) is 1. The molecule has 4 aliphatic rings. The molecule has 0 aromatic heterocycles. The van der Waals surface area contributed by atoms with Gasteiger partial charge in [0.2, 0.25) is 0 Å². The van der Waals surface area contributed by atoms with Crippen molar-refractivity contribution in [3.05, 3.63) is 350 Å². The second-order valence-corrected chi connectivity index (χ2v) is 23.6. The highest BCUT2D eigenvalue weighted by Crippen LogP contribution is 2.64. The minimum absolute atomic E-state index is 0.269. The van der Waals surface area contributed by atoms with Gasteiger partial charge < -0.3 is 5.73 Å². The van der Waals surface area contributed by atoms with E-state index in [9.17, 15) is 0 Å². The molecule has 0 unspecified atom stereocenters. The first-order valence-electron chi connectivity index (χ1n) is 29.5. The molecule has 12 aromatic rings. The second-order valence-electron chi connectivity index (χ2n) is 22.7. The highest BCUT2D eigenvalue weighted by atomic mass is 79.9. The summed E-state index contributed by atoms with van der Waals surface area (Å²) in [6.45, 7) is 4.44. The molecule has 400 valence electrons. The number of nitrogens with two attached hydrogens (primary N) is 1. The van der Waals surface area contributed by atoms with E-state index in [2.05, 4.69) is 303 Å². The van der Waals surface area contributed by atoms with Gasteiger partial charge in [0.15, 0.2) is 0 Å². The third kappa shape index (κ3) is 8.73. The molecule has 0 aliphatic heterocycles. The molecule has 0 bridgehead atoms. The molecule has 83 heavy (non-hydrogen) atoms. The molecule has 2 heteroatoms. The first-order chi connectivity index (χ1) is 40.9. The summed E-state index contributed by atoms with van der Waals surface area (Å²) < 4.78 is 1.12. The Morgan fingerprint density at radius 2 is 0.554 bits per heavy atom. The zero-order valence-corrected chi connectivity index (χ0v) is 48.6. The summed E-state index contributed by atoms with van der Waals surface area (Å²) in [5.74, 6) is 0. The fourth-order valence-electron chi connectivity index (χ4n) is 14.4. The van der Waals surface area contributed by atoms with Crippen LogP contribution in [0.4, 0.5) is 5.69 Å². The van der Waals surface area contributed by atoms with E-state index in [0.717, 1.165) is 23.0 Å². The Kier molecular flexibility index (Phi) is 13.6. The van der Waals surface area contributed by atoms with Crippen molar-refractivity contribution < 1.29 is 0 Å². The number of anilines is 1. The van der Waals surface area contributed by atoms with Crippen LogP contribution in [0.25, 0.3) is 66.8 Å². The van der Waals surface area contributed by atoms with E-state index in [4.69, 9.17) is 5.73 Å². The minimum Gasteiger partial charge on any atom is -0.399 e. The van der Waals surface area contributed by atoms with Gasteiger partial charge in [-0.1, -0.05) is 297 Å². The van der Waals surface area contributed by atoms with Gasteiger partial charge in [0.25, 0.3) is 0 Å². The van der Waals surface area contributed by atoms with Crippen LogP contribution in [-0.2, 0) is 30.1 Å². The predicted molar refractivity (Wildman–Crippen MR) is 352 cm³/mol. The van der Waals surface area contributed by atoms with E-state index in [0.29, 0.717) is 0 Å². The summed E-state index contributed by atoms with van der Waals surface area (Å²) in [6, 6.07) is 103. The Bertz CT molecular complexity index is 4250. The lowest BCUT2D eigenvalue weighted by molar-refractivity contribution is 0.792. The molecule has 0 heterocycles. The maximum atomic E-state index is 6.26. The third-order valence-corrected chi connectivity index (χ3v) is 18.5. The van der Waals surface area contributed by atoms with Gasteiger partial charge in [-0.2, -0.15) is 0 Å². The molecule has 0 saturated heterocycles. The van der Waals surface area contributed by atoms with E-state index in [1.54, 1.807) is 0 Å². The van der Waals surface area contributed by atoms with Crippen LogP contribution in [0.2, 0.25) is 0 Å². The first-order valence-corrected chi connectivity index (χ1v) is 30.3. The molecule has 2 spiro atoms. The number of fused-ring (bicyclic) bond motifs is 20. The average molecular weight is 1130 g/mol. The number of halogens is 1. The van der Waals surface area contributed by atoms with Crippen molar-refractivity contribution >= 4 is 21.6 Å². The lowest BCUT2D eigenvalue weighted by atomic mass is 9.70. The van der Waals surface area contributed by atoms with Crippen LogP contribution < -0.4 is 5.73 Å². The number of rotatable bonds is 8. The van der Waals surface area contributed by atoms with Crippen molar-refractivity contribution in [1.82, 2.24) is 0 Å². The Balaban J connectivity index is 0.000000124. The number of aryl methyl sites for hydroxylation is 2. The Hall–Kier alpha value is -9.08. The van der Waals surface area contributed by atoms with Crippen LogP contribution in [0.3, 0.4) is 0 Å². The molecule has 0 amide bonds. The molecule has 2 N–H and O–H groups in total. The van der Waals surface area contributed by atoms with Crippen molar-refractivity contribution in [2.45, 2.75) is 56.8 Å². The second kappa shape index (κ2) is 21.7. The summed E-state index contributed by atoms with van der Waals surface area (Å²) in [5, 5.41) is 0. The maximum absolute atomic E-state index is 6.26. The molecule has 0 radical (unpaired) electrons. The third-order valence-electron chi connectivity index (χ3n) is 17.9. The highest BCUT2D eigenvalue weighted by Gasteiger charge is 2.53. The fourth-order valence-corrected chi connectivity index (χ4v) is 14.6. The van der Waals surface area contributed by atoms with Gasteiger partial charge in [-0.05, 0) is 177 Å². The lowest BCUT2D eigenvalue weighted by Gasteiger charge is -2.30. The number of hydrogen-bond acceptors (Lipinski definition) is 1. The van der Waals surface area contributed by atoms with Crippen LogP contribution in [-0.4, -0.2) is 0 Å². The van der Waals surface area contributed by atoms with Crippen LogP contribution in [0.1, 0.15) is 93.5 Å². The average Bonchev–Trinajstić information content (AvgIpc) is 1.67.